The van der Waals surface area contributed by atoms with Gasteiger partial charge in [0, 0.05) is 12.6 Å². The summed E-state index contributed by atoms with van der Waals surface area (Å²) in [4.78, 5) is 0. The van der Waals surface area contributed by atoms with Gasteiger partial charge in [0.2, 0.25) is 0 Å². The number of rotatable bonds is 8. The zero-order valence-corrected chi connectivity index (χ0v) is 13.9. The van der Waals surface area contributed by atoms with Crippen LogP contribution in [0.25, 0.3) is 0 Å². The Hall–Kier alpha value is -1.80. The fourth-order valence-corrected chi connectivity index (χ4v) is 2.29. The molecule has 0 spiro atoms. The van der Waals surface area contributed by atoms with Crippen LogP contribution in [0.5, 0.6) is 5.75 Å². The molecule has 0 fully saturated rings. The van der Waals surface area contributed by atoms with E-state index < -0.39 is 0 Å². The first-order valence-electron chi connectivity index (χ1n) is 8.15. The third-order valence-corrected chi connectivity index (χ3v) is 3.77. The zero-order chi connectivity index (χ0) is 15.8. The van der Waals surface area contributed by atoms with Crippen molar-refractivity contribution in [3.63, 3.8) is 0 Å². The highest BCUT2D eigenvalue weighted by Crippen LogP contribution is 2.16. The van der Waals surface area contributed by atoms with Crippen LogP contribution in [0.1, 0.15) is 44.4 Å². The lowest BCUT2D eigenvalue weighted by Gasteiger charge is -2.15. The van der Waals surface area contributed by atoms with Crippen LogP contribution in [0.3, 0.4) is 0 Å². The van der Waals surface area contributed by atoms with Gasteiger partial charge in [-0.05, 0) is 42.5 Å². The summed E-state index contributed by atoms with van der Waals surface area (Å²) in [6.45, 7) is 8.26. The van der Waals surface area contributed by atoms with Gasteiger partial charge in [0.15, 0.2) is 0 Å². The standard InChI is InChI=1S/C20H27NO/c1-16(2)12-13-22-20-11-7-8-18(14-20)15-21-17(3)19-9-5-4-6-10-19/h4-11,14,16-17,21H,12-13,15H2,1-3H3. The van der Waals surface area contributed by atoms with Crippen molar-refractivity contribution in [1.82, 2.24) is 5.32 Å². The van der Waals surface area contributed by atoms with Gasteiger partial charge >= 0.3 is 0 Å². The van der Waals surface area contributed by atoms with Crippen LogP contribution < -0.4 is 10.1 Å². The highest BCUT2D eigenvalue weighted by atomic mass is 16.5. The van der Waals surface area contributed by atoms with Crippen molar-refractivity contribution in [1.29, 1.82) is 0 Å². The van der Waals surface area contributed by atoms with Gasteiger partial charge in [-0.1, -0.05) is 56.3 Å². The van der Waals surface area contributed by atoms with Gasteiger partial charge in [-0.2, -0.15) is 0 Å². The third kappa shape index (κ3) is 5.53. The Morgan fingerprint density at radius 2 is 1.73 bits per heavy atom. The molecule has 1 N–H and O–H groups in total. The van der Waals surface area contributed by atoms with Gasteiger partial charge in [-0.3, -0.25) is 0 Å². The highest BCUT2D eigenvalue weighted by molar-refractivity contribution is 5.28. The number of nitrogens with one attached hydrogen (secondary N) is 1. The van der Waals surface area contributed by atoms with Crippen LogP contribution in [0.2, 0.25) is 0 Å². The van der Waals surface area contributed by atoms with Crippen molar-refractivity contribution in [3.05, 3.63) is 65.7 Å². The number of ether oxygens (including phenoxy) is 1. The molecule has 0 saturated heterocycles. The molecule has 0 aliphatic heterocycles. The summed E-state index contributed by atoms with van der Waals surface area (Å²) in [5.41, 5.74) is 2.57. The molecule has 2 aromatic rings. The Bertz CT molecular complexity index is 551. The lowest BCUT2D eigenvalue weighted by atomic mass is 10.1. The summed E-state index contributed by atoms with van der Waals surface area (Å²) in [5, 5.41) is 3.56. The summed E-state index contributed by atoms with van der Waals surface area (Å²) < 4.78 is 5.82. The summed E-state index contributed by atoms with van der Waals surface area (Å²) in [6, 6.07) is 19.2. The fourth-order valence-electron chi connectivity index (χ4n) is 2.29. The smallest absolute Gasteiger partial charge is 0.119 e. The summed E-state index contributed by atoms with van der Waals surface area (Å²) >= 11 is 0. The second-order valence-corrected chi connectivity index (χ2v) is 6.19. The van der Waals surface area contributed by atoms with Crippen molar-refractivity contribution in [2.45, 2.75) is 39.8 Å². The quantitative estimate of drug-likeness (QED) is 0.743. The van der Waals surface area contributed by atoms with Crippen molar-refractivity contribution in [2.75, 3.05) is 6.61 Å². The second kappa shape index (κ2) is 8.60. The highest BCUT2D eigenvalue weighted by Gasteiger charge is 2.04. The molecule has 0 aromatic heterocycles. The Kier molecular flexibility index (Phi) is 6.47. The molecule has 118 valence electrons. The van der Waals surface area contributed by atoms with Crippen molar-refractivity contribution < 1.29 is 4.74 Å². The average Bonchev–Trinajstić information content (AvgIpc) is 2.53. The monoisotopic (exact) mass is 297 g/mol. The average molecular weight is 297 g/mol. The van der Waals surface area contributed by atoms with E-state index in [1.807, 2.05) is 12.1 Å². The Balaban J connectivity index is 1.85. The minimum absolute atomic E-state index is 0.340. The first-order valence-corrected chi connectivity index (χ1v) is 8.15. The lowest BCUT2D eigenvalue weighted by Crippen LogP contribution is -2.18. The predicted molar refractivity (Wildman–Crippen MR) is 93.1 cm³/mol. The molecular formula is C20H27NO. The molecule has 1 unspecified atom stereocenters. The number of benzene rings is 2. The molecule has 2 nitrogen and oxygen atoms in total. The maximum absolute atomic E-state index is 5.82. The van der Waals surface area contributed by atoms with Crippen LogP contribution in [0, 0.1) is 5.92 Å². The molecule has 2 aromatic carbocycles. The van der Waals surface area contributed by atoms with Gasteiger partial charge in [0.1, 0.15) is 5.75 Å². The van der Waals surface area contributed by atoms with Gasteiger partial charge in [0.25, 0.3) is 0 Å². The van der Waals surface area contributed by atoms with Crippen LogP contribution in [0.15, 0.2) is 54.6 Å². The Morgan fingerprint density at radius 1 is 0.955 bits per heavy atom. The topological polar surface area (TPSA) is 21.3 Å². The third-order valence-electron chi connectivity index (χ3n) is 3.77. The van der Waals surface area contributed by atoms with Gasteiger partial charge in [-0.25, -0.2) is 0 Å². The molecule has 2 heteroatoms. The van der Waals surface area contributed by atoms with Crippen molar-refractivity contribution in [2.24, 2.45) is 5.92 Å². The molecule has 2 rings (SSSR count). The van der Waals surface area contributed by atoms with Crippen LogP contribution >= 0.6 is 0 Å². The van der Waals surface area contributed by atoms with Crippen LogP contribution in [-0.4, -0.2) is 6.61 Å². The van der Waals surface area contributed by atoms with Crippen LogP contribution in [0.4, 0.5) is 0 Å². The van der Waals surface area contributed by atoms with Crippen LogP contribution in [-0.2, 0) is 6.54 Å². The molecule has 0 amide bonds. The van der Waals surface area contributed by atoms with E-state index in [0.29, 0.717) is 12.0 Å². The second-order valence-electron chi connectivity index (χ2n) is 6.19. The SMILES string of the molecule is CC(C)CCOc1cccc(CNC(C)c2ccccc2)c1. The summed E-state index contributed by atoms with van der Waals surface area (Å²) in [7, 11) is 0. The summed E-state index contributed by atoms with van der Waals surface area (Å²) in [6.07, 6.45) is 1.09. The maximum Gasteiger partial charge on any atom is 0.119 e. The molecule has 0 heterocycles. The molecular weight excluding hydrogens is 270 g/mol. The molecule has 22 heavy (non-hydrogen) atoms. The predicted octanol–water partition coefficient (Wildman–Crippen LogP) is 4.96. The van der Waals surface area contributed by atoms with E-state index in [-0.39, 0.29) is 0 Å². The van der Waals surface area contributed by atoms with E-state index in [9.17, 15) is 0 Å². The van der Waals surface area contributed by atoms with Crippen molar-refractivity contribution in [3.8, 4) is 5.75 Å². The molecule has 0 bridgehead atoms. The fraction of sp³-hybridized carbons (Fsp3) is 0.400. The zero-order valence-electron chi connectivity index (χ0n) is 13.9. The van der Waals surface area contributed by atoms with Crippen molar-refractivity contribution >= 4 is 0 Å². The molecule has 0 aliphatic carbocycles. The first kappa shape index (κ1) is 16.6. The molecule has 0 aliphatic rings. The van der Waals surface area contributed by atoms with E-state index in [2.05, 4.69) is 68.6 Å². The van der Waals surface area contributed by atoms with Gasteiger partial charge in [-0.15, -0.1) is 0 Å². The van der Waals surface area contributed by atoms with E-state index in [4.69, 9.17) is 4.74 Å². The Labute approximate surface area is 134 Å². The largest absolute Gasteiger partial charge is 0.494 e. The summed E-state index contributed by atoms with van der Waals surface area (Å²) in [5.74, 6) is 1.64. The van der Waals surface area contributed by atoms with E-state index >= 15 is 0 Å². The van der Waals surface area contributed by atoms with Gasteiger partial charge < -0.3 is 10.1 Å². The first-order chi connectivity index (χ1) is 10.6. The maximum atomic E-state index is 5.82. The van der Waals surface area contributed by atoms with Gasteiger partial charge in [0.05, 0.1) is 6.61 Å². The molecule has 1 atom stereocenters. The minimum Gasteiger partial charge on any atom is -0.494 e. The minimum atomic E-state index is 0.340. The number of hydrogen-bond acceptors (Lipinski definition) is 2. The lowest BCUT2D eigenvalue weighted by molar-refractivity contribution is 0.289. The Morgan fingerprint density at radius 3 is 2.45 bits per heavy atom. The normalized spacial score (nSPS) is 12.4. The van der Waals surface area contributed by atoms with E-state index in [1.54, 1.807) is 0 Å². The molecule has 0 saturated carbocycles. The van der Waals surface area contributed by atoms with E-state index in [1.165, 1.54) is 11.1 Å². The van der Waals surface area contributed by atoms with E-state index in [0.717, 1.165) is 25.3 Å². The number of hydrogen-bond donors (Lipinski definition) is 1. The molecule has 0 radical (unpaired) electrons.